The third-order valence-corrected chi connectivity index (χ3v) is 0.809. The molecule has 0 heterocycles. The van der Waals surface area contributed by atoms with Crippen molar-refractivity contribution >= 4 is 17.4 Å². The Kier molecular flexibility index (Phi) is 2.55. The van der Waals surface area contributed by atoms with E-state index >= 15 is 0 Å². The molecule has 0 aliphatic rings. The number of hydrogen-bond donors (Lipinski definition) is 3. The summed E-state index contributed by atoms with van der Waals surface area (Å²) < 4.78 is 0. The van der Waals surface area contributed by atoms with Crippen molar-refractivity contribution in [2.24, 2.45) is 11.5 Å². The van der Waals surface area contributed by atoms with Gasteiger partial charge in [-0.05, 0) is 0 Å². The Hall–Kier alpha value is -1.21. The number of nitriles is 1. The predicted molar refractivity (Wildman–Crippen MR) is 34.6 cm³/mol. The van der Waals surface area contributed by atoms with Gasteiger partial charge in [0.25, 0.3) is 0 Å². The summed E-state index contributed by atoms with van der Waals surface area (Å²) in [5.41, 5.74) is 9.65. The monoisotopic (exact) mass is 144 g/mol. The summed E-state index contributed by atoms with van der Waals surface area (Å²) in [5, 5.41) is 14.6. The molecule has 9 heavy (non-hydrogen) atoms. The molecule has 0 unspecified atom stereocenters. The highest BCUT2D eigenvalue weighted by atomic mass is 35.5. The number of nitrogens with two attached hydrogens (primary N) is 2. The minimum absolute atomic E-state index is 0.184. The minimum Gasteiger partial charge on any atom is -0.388 e. The molecular formula is C4H5ClN4. The zero-order valence-electron chi connectivity index (χ0n) is 4.48. The molecule has 0 spiro atoms. The zero-order valence-corrected chi connectivity index (χ0v) is 5.24. The van der Waals surface area contributed by atoms with Crippen LogP contribution < -0.4 is 11.5 Å². The summed E-state index contributed by atoms with van der Waals surface area (Å²) in [7, 11) is 0. The van der Waals surface area contributed by atoms with Crippen LogP contribution in [0.3, 0.4) is 0 Å². The highest BCUT2D eigenvalue weighted by molar-refractivity contribution is 6.31. The van der Waals surface area contributed by atoms with Gasteiger partial charge in [0, 0.05) is 0 Å². The number of nitrogens with zero attached hydrogens (tertiary/aromatic N) is 1. The van der Waals surface area contributed by atoms with Gasteiger partial charge in [-0.2, -0.15) is 5.26 Å². The maximum atomic E-state index is 8.17. The number of amidine groups is 1. The Morgan fingerprint density at radius 3 is 2.00 bits per heavy atom. The van der Waals surface area contributed by atoms with Crippen LogP contribution in [0.25, 0.3) is 0 Å². The van der Waals surface area contributed by atoms with Crippen LogP contribution in [0.5, 0.6) is 0 Å². The lowest BCUT2D eigenvalue weighted by Crippen LogP contribution is -2.14. The lowest BCUT2D eigenvalue weighted by molar-refractivity contribution is 1.38. The average molecular weight is 145 g/mol. The number of halogens is 1. The fraction of sp³-hybridized carbons (Fsp3) is 0. The van der Waals surface area contributed by atoms with E-state index in [9.17, 15) is 0 Å². The first-order valence-electron chi connectivity index (χ1n) is 1.99. The van der Waals surface area contributed by atoms with Crippen molar-refractivity contribution in [1.29, 1.82) is 10.7 Å². The van der Waals surface area contributed by atoms with Crippen molar-refractivity contribution in [3.8, 4) is 6.07 Å². The Labute approximate surface area is 57.2 Å². The maximum absolute atomic E-state index is 8.17. The lowest BCUT2D eigenvalue weighted by atomic mass is 10.3. The Morgan fingerprint density at radius 1 is 1.56 bits per heavy atom. The molecule has 0 atom stereocenters. The van der Waals surface area contributed by atoms with E-state index in [1.165, 1.54) is 0 Å². The van der Waals surface area contributed by atoms with Crippen LogP contribution in [0.4, 0.5) is 0 Å². The molecule has 0 radical (unpaired) electrons. The standard InChI is InChI=1S/C4H5ClN4/c5-3(7)2(1-6)4(8)9/h7H2,(H3,8,9)/b3-2-. The highest BCUT2D eigenvalue weighted by Gasteiger charge is 2.01. The molecule has 0 amide bonds. The molecule has 5 heteroatoms. The largest absolute Gasteiger partial charge is 0.388 e. The van der Waals surface area contributed by atoms with Crippen LogP contribution in [-0.4, -0.2) is 5.84 Å². The number of rotatable bonds is 1. The molecule has 0 saturated heterocycles. The van der Waals surface area contributed by atoms with Crippen LogP contribution in [0.15, 0.2) is 10.7 Å². The van der Waals surface area contributed by atoms with E-state index in [0.29, 0.717) is 0 Å². The van der Waals surface area contributed by atoms with Gasteiger partial charge in [0.05, 0.1) is 0 Å². The molecule has 48 valence electrons. The number of nitrogens with one attached hydrogen (secondary N) is 1. The molecule has 0 fully saturated rings. The van der Waals surface area contributed by atoms with E-state index in [-0.39, 0.29) is 10.7 Å². The van der Waals surface area contributed by atoms with Gasteiger partial charge in [0.2, 0.25) is 0 Å². The molecule has 0 aliphatic heterocycles. The van der Waals surface area contributed by atoms with Crippen molar-refractivity contribution in [3.63, 3.8) is 0 Å². The topological polar surface area (TPSA) is 99.7 Å². The summed E-state index contributed by atoms with van der Waals surface area (Å²) >= 11 is 5.15. The van der Waals surface area contributed by atoms with Crippen molar-refractivity contribution in [2.45, 2.75) is 0 Å². The van der Waals surface area contributed by atoms with Crippen LogP contribution in [0, 0.1) is 16.7 Å². The molecule has 0 aromatic rings. The molecular weight excluding hydrogens is 140 g/mol. The third kappa shape index (κ3) is 2.02. The lowest BCUT2D eigenvalue weighted by Gasteiger charge is -1.92. The second-order valence-corrected chi connectivity index (χ2v) is 1.66. The quantitative estimate of drug-likeness (QED) is 0.207. The van der Waals surface area contributed by atoms with Crippen LogP contribution >= 0.6 is 11.6 Å². The van der Waals surface area contributed by atoms with Gasteiger partial charge in [-0.3, -0.25) is 5.41 Å². The zero-order chi connectivity index (χ0) is 7.44. The van der Waals surface area contributed by atoms with Crippen molar-refractivity contribution < 1.29 is 0 Å². The SMILES string of the molecule is N#C/C(C(=N)N)=C(/N)Cl. The Bertz CT molecular complexity index is 195. The Morgan fingerprint density at radius 2 is 2.00 bits per heavy atom. The molecule has 0 aromatic heterocycles. The Balaban J connectivity index is 4.62. The van der Waals surface area contributed by atoms with E-state index in [4.69, 9.17) is 33.7 Å². The van der Waals surface area contributed by atoms with Crippen molar-refractivity contribution in [3.05, 3.63) is 10.7 Å². The molecule has 0 saturated carbocycles. The predicted octanol–water partition coefficient (Wildman–Crippen LogP) is -0.145. The van der Waals surface area contributed by atoms with E-state index in [1.54, 1.807) is 6.07 Å². The summed E-state index contributed by atoms with van der Waals surface area (Å²) in [6.45, 7) is 0. The molecule has 4 nitrogen and oxygen atoms in total. The van der Waals surface area contributed by atoms with Gasteiger partial charge in [-0.25, -0.2) is 0 Å². The summed E-state index contributed by atoms with van der Waals surface area (Å²) in [4.78, 5) is 0. The molecule has 5 N–H and O–H groups in total. The first kappa shape index (κ1) is 7.79. The highest BCUT2D eigenvalue weighted by Crippen LogP contribution is 1.99. The maximum Gasteiger partial charge on any atom is 0.136 e. The summed E-state index contributed by atoms with van der Waals surface area (Å²) in [6, 6.07) is 1.57. The van der Waals surface area contributed by atoms with Gasteiger partial charge in [-0.15, -0.1) is 0 Å². The van der Waals surface area contributed by atoms with Gasteiger partial charge in [-0.1, -0.05) is 11.6 Å². The van der Waals surface area contributed by atoms with E-state index < -0.39 is 5.84 Å². The first-order chi connectivity index (χ1) is 4.09. The van der Waals surface area contributed by atoms with Crippen LogP contribution in [0.2, 0.25) is 0 Å². The fourth-order valence-electron chi connectivity index (χ4n) is 0.242. The molecule has 0 aromatic carbocycles. The van der Waals surface area contributed by atoms with Gasteiger partial charge >= 0.3 is 0 Å². The summed E-state index contributed by atoms with van der Waals surface area (Å²) in [6.07, 6.45) is 0. The van der Waals surface area contributed by atoms with Gasteiger partial charge in [0.1, 0.15) is 22.6 Å². The van der Waals surface area contributed by atoms with Crippen molar-refractivity contribution in [1.82, 2.24) is 0 Å². The first-order valence-corrected chi connectivity index (χ1v) is 2.37. The average Bonchev–Trinajstić information content (AvgIpc) is 1.64. The molecule has 0 aliphatic carbocycles. The summed E-state index contributed by atoms with van der Waals surface area (Å²) in [5.74, 6) is -0.412. The van der Waals surface area contributed by atoms with Gasteiger partial charge in [0.15, 0.2) is 0 Å². The fourth-order valence-corrected chi connectivity index (χ4v) is 0.386. The van der Waals surface area contributed by atoms with E-state index in [0.717, 1.165) is 0 Å². The smallest absolute Gasteiger partial charge is 0.136 e. The van der Waals surface area contributed by atoms with E-state index in [1.807, 2.05) is 0 Å². The number of hydrogen-bond acceptors (Lipinski definition) is 3. The normalized spacial score (nSPS) is 11.6. The van der Waals surface area contributed by atoms with Crippen LogP contribution in [-0.2, 0) is 0 Å². The van der Waals surface area contributed by atoms with Gasteiger partial charge < -0.3 is 11.5 Å². The molecule has 0 bridgehead atoms. The van der Waals surface area contributed by atoms with Crippen molar-refractivity contribution in [2.75, 3.05) is 0 Å². The molecule has 0 rings (SSSR count). The van der Waals surface area contributed by atoms with E-state index in [2.05, 4.69) is 0 Å². The third-order valence-electron chi connectivity index (χ3n) is 0.620. The second kappa shape index (κ2) is 2.95. The van der Waals surface area contributed by atoms with Crippen LogP contribution in [0.1, 0.15) is 0 Å². The minimum atomic E-state index is -0.412. The second-order valence-electron chi connectivity index (χ2n) is 1.25.